The Balaban J connectivity index is 1.64. The molecule has 2 aromatic carbocycles. The summed E-state index contributed by atoms with van der Waals surface area (Å²) in [6.07, 6.45) is 3.51. The van der Waals surface area contributed by atoms with Gasteiger partial charge in [-0.2, -0.15) is 0 Å². The number of ether oxygens (including phenoxy) is 1. The summed E-state index contributed by atoms with van der Waals surface area (Å²) in [7, 11) is 0. The van der Waals surface area contributed by atoms with Crippen LogP contribution in [0.5, 0.6) is 5.75 Å². The Bertz CT molecular complexity index is 759. The van der Waals surface area contributed by atoms with E-state index >= 15 is 0 Å². The van der Waals surface area contributed by atoms with Crippen LogP contribution >= 0.6 is 35.8 Å². The quantitative estimate of drug-likeness (QED) is 0.671. The van der Waals surface area contributed by atoms with Gasteiger partial charge in [-0.05, 0) is 79.9 Å². The summed E-state index contributed by atoms with van der Waals surface area (Å²) in [5.74, 6) is 1.25. The Labute approximate surface area is 164 Å². The summed E-state index contributed by atoms with van der Waals surface area (Å²) in [6, 6.07) is 11.7. The summed E-state index contributed by atoms with van der Waals surface area (Å²) in [5.41, 5.74) is 2.32. The standard InChI is InChI=1S/C20H21Cl2NOS/c21-14-10-18-17(19(22)11-14)9-13(12-23-7-1-2-8-23)20(18)24-15-3-5-16(25)6-4-15/h3-6,10-11,13,20,25H,1-2,7-9,12H2/t13-,20-/m1/s1. The van der Waals surface area contributed by atoms with Gasteiger partial charge in [0, 0.05) is 27.4 Å². The van der Waals surface area contributed by atoms with Gasteiger partial charge in [0.1, 0.15) is 11.9 Å². The van der Waals surface area contributed by atoms with Crippen LogP contribution in [0.1, 0.15) is 30.1 Å². The van der Waals surface area contributed by atoms with Crippen molar-refractivity contribution >= 4 is 35.8 Å². The second kappa shape index (κ2) is 7.40. The molecule has 0 bridgehead atoms. The minimum atomic E-state index is -0.0161. The summed E-state index contributed by atoms with van der Waals surface area (Å²) in [5, 5.41) is 1.43. The number of halogens is 2. The number of nitrogens with zero attached hydrogens (tertiary/aromatic N) is 1. The van der Waals surface area contributed by atoms with Gasteiger partial charge in [0.15, 0.2) is 0 Å². The molecule has 2 aromatic rings. The molecule has 0 amide bonds. The summed E-state index contributed by atoms with van der Waals surface area (Å²) in [4.78, 5) is 3.47. The molecule has 0 aromatic heterocycles. The Morgan fingerprint density at radius 3 is 2.52 bits per heavy atom. The predicted octanol–water partition coefficient (Wildman–Crippen LogP) is 5.67. The lowest BCUT2D eigenvalue weighted by atomic mass is 10.0. The molecule has 132 valence electrons. The molecule has 5 heteroatoms. The van der Waals surface area contributed by atoms with Gasteiger partial charge in [0.2, 0.25) is 0 Å². The second-order valence-electron chi connectivity index (χ2n) is 6.96. The highest BCUT2D eigenvalue weighted by Crippen LogP contribution is 2.44. The third-order valence-corrected chi connectivity index (χ3v) is 6.04. The van der Waals surface area contributed by atoms with Crippen LogP contribution in [-0.2, 0) is 6.42 Å². The molecule has 0 N–H and O–H groups in total. The van der Waals surface area contributed by atoms with Crippen molar-refractivity contribution in [3.63, 3.8) is 0 Å². The lowest BCUT2D eigenvalue weighted by Gasteiger charge is -2.26. The number of hydrogen-bond acceptors (Lipinski definition) is 3. The first kappa shape index (κ1) is 17.5. The maximum Gasteiger partial charge on any atom is 0.128 e. The molecule has 1 aliphatic heterocycles. The molecular formula is C20H21Cl2NOS. The van der Waals surface area contributed by atoms with Crippen LogP contribution in [0.3, 0.4) is 0 Å². The van der Waals surface area contributed by atoms with Crippen LogP contribution in [0.15, 0.2) is 41.3 Å². The normalized spacial score (nSPS) is 23.0. The molecule has 1 saturated heterocycles. The molecule has 2 aliphatic rings. The Morgan fingerprint density at radius 1 is 1.08 bits per heavy atom. The van der Waals surface area contributed by atoms with Gasteiger partial charge in [-0.1, -0.05) is 23.2 Å². The van der Waals surface area contributed by atoms with Gasteiger partial charge in [-0.15, -0.1) is 12.6 Å². The zero-order chi connectivity index (χ0) is 17.4. The molecule has 0 unspecified atom stereocenters. The number of rotatable bonds is 4. The summed E-state index contributed by atoms with van der Waals surface area (Å²) < 4.78 is 6.41. The fraction of sp³-hybridized carbons (Fsp3) is 0.400. The molecule has 0 radical (unpaired) electrons. The van der Waals surface area contributed by atoms with Crippen LogP contribution in [0, 0.1) is 5.92 Å². The lowest BCUT2D eigenvalue weighted by molar-refractivity contribution is 0.121. The van der Waals surface area contributed by atoms with Crippen molar-refractivity contribution in [2.24, 2.45) is 5.92 Å². The van der Waals surface area contributed by atoms with Gasteiger partial charge in [0.05, 0.1) is 0 Å². The molecule has 1 aliphatic carbocycles. The van der Waals surface area contributed by atoms with E-state index in [0.717, 1.165) is 34.2 Å². The average molecular weight is 394 g/mol. The van der Waals surface area contributed by atoms with Crippen molar-refractivity contribution in [2.75, 3.05) is 19.6 Å². The average Bonchev–Trinajstić information content (AvgIpc) is 3.20. The molecule has 4 rings (SSSR count). The van der Waals surface area contributed by atoms with Crippen molar-refractivity contribution < 1.29 is 4.74 Å². The van der Waals surface area contributed by atoms with Crippen LogP contribution < -0.4 is 4.74 Å². The van der Waals surface area contributed by atoms with E-state index in [2.05, 4.69) is 17.5 Å². The third kappa shape index (κ3) is 3.80. The number of thiol groups is 1. The van der Waals surface area contributed by atoms with Gasteiger partial charge in [-0.25, -0.2) is 0 Å². The van der Waals surface area contributed by atoms with Gasteiger partial charge >= 0.3 is 0 Å². The van der Waals surface area contributed by atoms with E-state index in [1.54, 1.807) is 0 Å². The van der Waals surface area contributed by atoms with Crippen LogP contribution in [0.25, 0.3) is 0 Å². The van der Waals surface area contributed by atoms with Crippen molar-refractivity contribution in [2.45, 2.75) is 30.3 Å². The van der Waals surface area contributed by atoms with Crippen molar-refractivity contribution in [1.82, 2.24) is 4.90 Å². The maximum absolute atomic E-state index is 6.48. The topological polar surface area (TPSA) is 12.5 Å². The molecular weight excluding hydrogens is 373 g/mol. The van der Waals surface area contributed by atoms with E-state index in [1.165, 1.54) is 31.5 Å². The first-order chi connectivity index (χ1) is 12.1. The Kier molecular flexibility index (Phi) is 5.19. The van der Waals surface area contributed by atoms with Crippen molar-refractivity contribution in [3.8, 4) is 5.75 Å². The Morgan fingerprint density at radius 2 is 1.80 bits per heavy atom. The summed E-state index contributed by atoms with van der Waals surface area (Å²) in [6.45, 7) is 3.41. The van der Waals surface area contributed by atoms with Gasteiger partial charge in [0.25, 0.3) is 0 Å². The van der Waals surface area contributed by atoms with E-state index in [0.29, 0.717) is 10.9 Å². The molecule has 1 heterocycles. The highest BCUT2D eigenvalue weighted by molar-refractivity contribution is 7.80. The zero-order valence-electron chi connectivity index (χ0n) is 13.9. The number of hydrogen-bond donors (Lipinski definition) is 1. The number of likely N-dealkylation sites (tertiary alicyclic amines) is 1. The fourth-order valence-corrected chi connectivity index (χ4v) is 4.74. The predicted molar refractivity (Wildman–Crippen MR) is 106 cm³/mol. The van der Waals surface area contributed by atoms with E-state index in [1.807, 2.05) is 36.4 Å². The molecule has 0 saturated carbocycles. The smallest absolute Gasteiger partial charge is 0.128 e. The molecule has 25 heavy (non-hydrogen) atoms. The Hall–Kier alpha value is -0.870. The largest absolute Gasteiger partial charge is 0.485 e. The molecule has 0 spiro atoms. The van der Waals surface area contributed by atoms with E-state index < -0.39 is 0 Å². The van der Waals surface area contributed by atoms with Gasteiger partial charge < -0.3 is 9.64 Å². The first-order valence-corrected chi connectivity index (χ1v) is 9.96. The van der Waals surface area contributed by atoms with Gasteiger partial charge in [-0.3, -0.25) is 0 Å². The first-order valence-electron chi connectivity index (χ1n) is 8.76. The SMILES string of the molecule is Sc1ccc(O[C@H]2c3cc(Cl)cc(Cl)c3C[C@@H]2CN2CCCC2)cc1. The monoisotopic (exact) mass is 393 g/mol. The van der Waals surface area contributed by atoms with E-state index in [4.69, 9.17) is 27.9 Å². The minimum absolute atomic E-state index is 0.0161. The van der Waals surface area contributed by atoms with Crippen LogP contribution in [0.4, 0.5) is 0 Å². The zero-order valence-corrected chi connectivity index (χ0v) is 16.3. The van der Waals surface area contributed by atoms with Crippen LogP contribution in [-0.4, -0.2) is 24.5 Å². The fourth-order valence-electron chi connectivity index (χ4n) is 4.00. The summed E-state index contributed by atoms with van der Waals surface area (Å²) >= 11 is 17.1. The number of benzene rings is 2. The minimum Gasteiger partial charge on any atom is -0.485 e. The van der Waals surface area contributed by atoms with Crippen LogP contribution in [0.2, 0.25) is 10.0 Å². The molecule has 2 atom stereocenters. The van der Waals surface area contributed by atoms with E-state index in [-0.39, 0.29) is 6.10 Å². The second-order valence-corrected chi connectivity index (χ2v) is 8.32. The van der Waals surface area contributed by atoms with Crippen molar-refractivity contribution in [3.05, 3.63) is 57.6 Å². The third-order valence-electron chi connectivity index (χ3n) is 5.19. The van der Waals surface area contributed by atoms with Crippen molar-refractivity contribution in [1.29, 1.82) is 0 Å². The molecule has 1 fully saturated rings. The van der Waals surface area contributed by atoms with E-state index in [9.17, 15) is 0 Å². The maximum atomic E-state index is 6.48. The number of fused-ring (bicyclic) bond motifs is 1. The highest BCUT2D eigenvalue weighted by atomic mass is 35.5. The highest BCUT2D eigenvalue weighted by Gasteiger charge is 2.37. The molecule has 2 nitrogen and oxygen atoms in total. The lowest BCUT2D eigenvalue weighted by Crippen LogP contribution is -2.30.